The largest absolute Gasteiger partial charge is 0.488 e. The van der Waals surface area contributed by atoms with Crippen molar-refractivity contribution in [3.8, 4) is 5.75 Å². The van der Waals surface area contributed by atoms with E-state index in [9.17, 15) is 18.7 Å². The molecule has 1 saturated carbocycles. The Morgan fingerprint density at radius 3 is 2.70 bits per heavy atom. The second-order valence-electron chi connectivity index (χ2n) is 6.03. The number of halogens is 2. The van der Waals surface area contributed by atoms with E-state index in [4.69, 9.17) is 4.74 Å². The van der Waals surface area contributed by atoms with Gasteiger partial charge in [-0.25, -0.2) is 13.6 Å². The number of aliphatic hydroxyl groups is 1. The van der Waals surface area contributed by atoms with Gasteiger partial charge in [-0.1, -0.05) is 12.8 Å². The number of urea groups is 1. The Morgan fingerprint density at radius 1 is 1.39 bits per heavy atom. The van der Waals surface area contributed by atoms with E-state index in [1.165, 1.54) is 6.07 Å². The van der Waals surface area contributed by atoms with Crippen LogP contribution in [0, 0.1) is 11.6 Å². The fraction of sp³-hybridized carbons (Fsp3) is 0.562. The van der Waals surface area contributed by atoms with Crippen molar-refractivity contribution in [3.05, 3.63) is 29.8 Å². The van der Waals surface area contributed by atoms with Gasteiger partial charge in [-0.15, -0.1) is 0 Å². The van der Waals surface area contributed by atoms with Crippen molar-refractivity contribution >= 4 is 6.03 Å². The zero-order chi connectivity index (χ0) is 16.9. The molecule has 0 bridgehead atoms. The van der Waals surface area contributed by atoms with Gasteiger partial charge >= 0.3 is 6.03 Å². The van der Waals surface area contributed by atoms with Gasteiger partial charge in [0.1, 0.15) is 12.4 Å². The van der Waals surface area contributed by atoms with Crippen LogP contribution in [0.5, 0.6) is 5.75 Å². The number of hydrogen-bond acceptors (Lipinski definition) is 3. The minimum absolute atomic E-state index is 0.0437. The van der Waals surface area contributed by atoms with Crippen LogP contribution in [0.25, 0.3) is 0 Å². The molecule has 0 radical (unpaired) electrons. The molecule has 0 heterocycles. The summed E-state index contributed by atoms with van der Waals surface area (Å²) in [5, 5.41) is 15.0. The molecule has 1 aliphatic carbocycles. The van der Waals surface area contributed by atoms with Gasteiger partial charge in [0.15, 0.2) is 11.6 Å². The lowest BCUT2D eigenvalue weighted by Crippen LogP contribution is -2.54. The van der Waals surface area contributed by atoms with E-state index in [0.29, 0.717) is 0 Å². The van der Waals surface area contributed by atoms with Crippen LogP contribution in [0.4, 0.5) is 13.6 Å². The fourth-order valence-corrected chi connectivity index (χ4v) is 2.72. The van der Waals surface area contributed by atoms with Crippen LogP contribution in [-0.2, 0) is 0 Å². The van der Waals surface area contributed by atoms with Crippen molar-refractivity contribution in [2.45, 2.75) is 44.2 Å². The Bertz CT molecular complexity index is 548. The van der Waals surface area contributed by atoms with E-state index in [1.807, 2.05) is 0 Å². The van der Waals surface area contributed by atoms with Crippen LogP contribution in [0.1, 0.15) is 32.6 Å². The molecular weight excluding hydrogens is 306 g/mol. The summed E-state index contributed by atoms with van der Waals surface area (Å²) in [7, 11) is 0. The van der Waals surface area contributed by atoms with E-state index >= 15 is 0 Å². The highest BCUT2D eigenvalue weighted by molar-refractivity contribution is 5.75. The number of rotatable bonds is 6. The highest BCUT2D eigenvalue weighted by atomic mass is 19.1. The van der Waals surface area contributed by atoms with Gasteiger partial charge in [0.25, 0.3) is 0 Å². The van der Waals surface area contributed by atoms with Gasteiger partial charge < -0.3 is 20.5 Å². The highest BCUT2D eigenvalue weighted by Crippen LogP contribution is 2.28. The van der Waals surface area contributed by atoms with Crippen LogP contribution < -0.4 is 15.4 Å². The summed E-state index contributed by atoms with van der Waals surface area (Å²) in [6.07, 6.45) is 3.46. The van der Waals surface area contributed by atoms with Gasteiger partial charge in [0.2, 0.25) is 0 Å². The Kier molecular flexibility index (Phi) is 5.76. The summed E-state index contributed by atoms with van der Waals surface area (Å²) >= 11 is 0. The SMILES string of the molecule is CC(COc1ccc(F)cc1F)NC(=O)NC1(CO)CCCC1. The maximum absolute atomic E-state index is 13.4. The summed E-state index contributed by atoms with van der Waals surface area (Å²) in [6.45, 7) is 1.66. The summed E-state index contributed by atoms with van der Waals surface area (Å²) in [5.74, 6) is -1.53. The van der Waals surface area contributed by atoms with Gasteiger partial charge in [-0.2, -0.15) is 0 Å². The molecule has 1 aromatic rings. The molecule has 2 amide bonds. The number of ether oxygens (including phenoxy) is 1. The molecule has 3 N–H and O–H groups in total. The average Bonchev–Trinajstić information content (AvgIpc) is 2.95. The molecule has 7 heteroatoms. The molecule has 0 aromatic heterocycles. The molecule has 1 unspecified atom stereocenters. The number of carbonyl (C=O) groups excluding carboxylic acids is 1. The minimum atomic E-state index is -0.785. The molecule has 23 heavy (non-hydrogen) atoms. The third kappa shape index (κ3) is 4.79. The van der Waals surface area contributed by atoms with E-state index in [-0.39, 0.29) is 25.0 Å². The lowest BCUT2D eigenvalue weighted by Gasteiger charge is -2.28. The zero-order valence-electron chi connectivity index (χ0n) is 13.1. The molecule has 5 nitrogen and oxygen atoms in total. The zero-order valence-corrected chi connectivity index (χ0v) is 13.1. The number of benzene rings is 1. The van der Waals surface area contributed by atoms with Crippen molar-refractivity contribution in [1.82, 2.24) is 10.6 Å². The normalized spacial score (nSPS) is 17.6. The lowest BCUT2D eigenvalue weighted by molar-refractivity contribution is 0.160. The molecule has 0 aliphatic heterocycles. The predicted molar refractivity (Wildman–Crippen MR) is 81.3 cm³/mol. The van der Waals surface area contributed by atoms with Crippen molar-refractivity contribution < 1.29 is 23.4 Å². The van der Waals surface area contributed by atoms with E-state index in [0.717, 1.165) is 37.8 Å². The van der Waals surface area contributed by atoms with Crippen LogP contribution in [0.3, 0.4) is 0 Å². The highest BCUT2D eigenvalue weighted by Gasteiger charge is 2.34. The summed E-state index contributed by atoms with van der Waals surface area (Å²) in [6, 6.07) is 2.28. The number of aliphatic hydroxyl groups excluding tert-OH is 1. The Hall–Kier alpha value is -1.89. The van der Waals surface area contributed by atoms with Crippen LogP contribution in [0.15, 0.2) is 18.2 Å². The number of nitrogens with one attached hydrogen (secondary N) is 2. The quantitative estimate of drug-likeness (QED) is 0.751. The smallest absolute Gasteiger partial charge is 0.315 e. The molecule has 128 valence electrons. The number of carbonyl (C=O) groups is 1. The van der Waals surface area contributed by atoms with Crippen molar-refractivity contribution in [3.63, 3.8) is 0 Å². The first-order valence-corrected chi connectivity index (χ1v) is 7.71. The Morgan fingerprint density at radius 2 is 2.09 bits per heavy atom. The van der Waals surface area contributed by atoms with E-state index in [1.54, 1.807) is 6.92 Å². The number of hydrogen-bond donors (Lipinski definition) is 3. The maximum atomic E-state index is 13.4. The second-order valence-corrected chi connectivity index (χ2v) is 6.03. The van der Waals surface area contributed by atoms with Gasteiger partial charge in [0.05, 0.1) is 18.2 Å². The third-order valence-corrected chi connectivity index (χ3v) is 4.00. The van der Waals surface area contributed by atoms with Crippen molar-refractivity contribution in [1.29, 1.82) is 0 Å². The van der Waals surface area contributed by atoms with Crippen molar-refractivity contribution in [2.75, 3.05) is 13.2 Å². The standard InChI is InChI=1S/C16H22F2N2O3/c1-11(9-23-14-5-4-12(17)8-13(14)18)19-15(22)20-16(10-21)6-2-3-7-16/h4-5,8,11,21H,2-3,6-7,9-10H2,1H3,(H2,19,20,22). The summed E-state index contributed by atoms with van der Waals surface area (Å²) < 4.78 is 31.5. The molecule has 1 atom stereocenters. The fourth-order valence-electron chi connectivity index (χ4n) is 2.72. The molecule has 2 rings (SSSR count). The van der Waals surface area contributed by atoms with Crippen molar-refractivity contribution in [2.24, 2.45) is 0 Å². The Balaban J connectivity index is 1.79. The lowest BCUT2D eigenvalue weighted by atomic mass is 9.99. The average molecular weight is 328 g/mol. The van der Waals surface area contributed by atoms with E-state index < -0.39 is 23.2 Å². The van der Waals surface area contributed by atoms with Gasteiger partial charge in [0, 0.05) is 6.07 Å². The first-order valence-electron chi connectivity index (χ1n) is 7.71. The molecule has 1 fully saturated rings. The van der Waals surface area contributed by atoms with Crippen LogP contribution >= 0.6 is 0 Å². The van der Waals surface area contributed by atoms with Gasteiger partial charge in [-0.3, -0.25) is 0 Å². The maximum Gasteiger partial charge on any atom is 0.315 e. The molecule has 1 aliphatic rings. The van der Waals surface area contributed by atoms with Crippen LogP contribution in [0.2, 0.25) is 0 Å². The van der Waals surface area contributed by atoms with Gasteiger partial charge in [-0.05, 0) is 31.9 Å². The first-order chi connectivity index (χ1) is 10.9. The molecule has 0 spiro atoms. The summed E-state index contributed by atoms with van der Waals surface area (Å²) in [5.41, 5.74) is -0.548. The monoisotopic (exact) mass is 328 g/mol. The number of amides is 2. The molecule has 1 aromatic carbocycles. The second kappa shape index (κ2) is 7.59. The molecular formula is C16H22F2N2O3. The van der Waals surface area contributed by atoms with E-state index in [2.05, 4.69) is 10.6 Å². The molecule has 0 saturated heterocycles. The third-order valence-electron chi connectivity index (χ3n) is 4.00. The van der Waals surface area contributed by atoms with Crippen LogP contribution in [-0.4, -0.2) is 35.9 Å². The Labute approximate surface area is 134 Å². The minimum Gasteiger partial charge on any atom is -0.488 e. The topological polar surface area (TPSA) is 70.6 Å². The first kappa shape index (κ1) is 17.5. The predicted octanol–water partition coefficient (Wildman–Crippen LogP) is 2.34. The summed E-state index contributed by atoms with van der Waals surface area (Å²) in [4.78, 5) is 12.0.